The number of carboxylic acid groups (broad SMARTS) is 1. The molecule has 0 saturated carbocycles. The number of carbonyl (C=O) groups is 2. The Morgan fingerprint density at radius 2 is 1.91 bits per heavy atom. The molecule has 3 rings (SSSR count). The van der Waals surface area contributed by atoms with Crippen molar-refractivity contribution in [1.82, 2.24) is 14.9 Å². The molecule has 2 aliphatic heterocycles. The number of aliphatic hydroxyl groups excluding tert-OH is 6. The molecule has 24 heteroatoms. The van der Waals surface area contributed by atoms with Crippen LogP contribution in [-0.4, -0.2) is 126 Å². The van der Waals surface area contributed by atoms with Crippen LogP contribution in [0.1, 0.15) is 12.6 Å². The molecular formula is C20H30N5Na2O16P. The van der Waals surface area contributed by atoms with Crippen molar-refractivity contribution in [3.63, 3.8) is 0 Å². The first-order chi connectivity index (χ1) is 19.6. The van der Waals surface area contributed by atoms with Crippen LogP contribution in [0.2, 0.25) is 0 Å². The van der Waals surface area contributed by atoms with Gasteiger partial charge in [0.05, 0.1) is 31.9 Å². The Balaban J connectivity index is 0.00000484. The summed E-state index contributed by atoms with van der Waals surface area (Å²) < 4.78 is 33.1. The zero-order valence-corrected chi connectivity index (χ0v) is 28.3. The first-order valence-electron chi connectivity index (χ1n) is 12.1. The third-order valence-corrected chi connectivity index (χ3v) is 7.42. The number of carboxylic acids is 1. The Kier molecular flexibility index (Phi) is 16.0. The Morgan fingerprint density at radius 3 is 2.45 bits per heavy atom. The molecule has 0 aliphatic carbocycles. The number of ether oxygens (including phenoxy) is 2. The van der Waals surface area contributed by atoms with E-state index in [2.05, 4.69) is 19.3 Å². The predicted molar refractivity (Wildman–Crippen MR) is 127 cm³/mol. The number of nitrogens with zero attached hydrogens (tertiary/aromatic N) is 2. The number of carbonyl (C=O) groups excluding carboxylic acids is 2. The van der Waals surface area contributed by atoms with Crippen LogP contribution in [0.25, 0.3) is 0 Å². The maximum atomic E-state index is 12.7. The predicted octanol–water partition coefficient (Wildman–Crippen LogP) is -14.3. The maximum Gasteiger partial charge on any atom is 1.00 e. The molecule has 1 amide bonds. The van der Waals surface area contributed by atoms with Crippen LogP contribution < -0.4 is 91.6 Å². The van der Waals surface area contributed by atoms with E-state index in [1.54, 1.807) is 0 Å². The van der Waals surface area contributed by atoms with Crippen LogP contribution in [0.3, 0.4) is 0 Å². The van der Waals surface area contributed by atoms with Gasteiger partial charge in [-0.25, -0.2) is 4.79 Å². The number of aromatic nitrogens is 2. The number of nitrogens with one attached hydrogen (secondary N) is 1. The fourth-order valence-electron chi connectivity index (χ4n) is 4.31. The number of phosphoric acid groups is 1. The van der Waals surface area contributed by atoms with Gasteiger partial charge in [-0.1, -0.05) is 0 Å². The molecule has 1 aromatic rings. The number of aliphatic carboxylic acids is 1. The van der Waals surface area contributed by atoms with E-state index in [4.69, 9.17) is 20.9 Å². The van der Waals surface area contributed by atoms with Gasteiger partial charge in [-0.2, -0.15) is 4.98 Å². The summed E-state index contributed by atoms with van der Waals surface area (Å²) in [6, 6.07) is -0.506. The van der Waals surface area contributed by atoms with Crippen LogP contribution in [0.4, 0.5) is 5.82 Å². The number of phosphoric ester groups is 1. The van der Waals surface area contributed by atoms with Crippen LogP contribution in [0.5, 0.6) is 0 Å². The average molecular weight is 673 g/mol. The van der Waals surface area contributed by atoms with Gasteiger partial charge in [-0.15, -0.1) is 0 Å². The fraction of sp³-hybridized carbons (Fsp3) is 0.700. The van der Waals surface area contributed by atoms with Crippen molar-refractivity contribution in [1.29, 1.82) is 0 Å². The van der Waals surface area contributed by atoms with E-state index in [0.717, 1.165) is 10.8 Å². The van der Waals surface area contributed by atoms with E-state index in [1.165, 1.54) is 6.07 Å². The molecule has 2 saturated heterocycles. The summed E-state index contributed by atoms with van der Waals surface area (Å²) >= 11 is 0. The molecule has 3 heterocycles. The largest absolute Gasteiger partial charge is 1.00 e. The standard InChI is InChI=1S/C20H32N5O16P.2Na/c21-4-11(29)24-12-7(27)3-20(18(33)34,40-16(12)13(30)8(28)5-26)41-42(36,37)38-6-9-14(31)15(32)17(39-9)25-2-1-10(22)23-19(25)35;;/h1-2,7-9,12-17,26-28,30-32H,3-6,21H2,(H,24,29)(H,33,34)(H,36,37)(H2,22,23,35);;/q;2*+1/p-2/t7?,8-,9-,12-,13?,14+,15-,16-,17-,20?;;/m1../s1. The molecule has 11 atom stereocenters. The Labute approximate surface area is 292 Å². The van der Waals surface area contributed by atoms with E-state index in [1.807, 2.05) is 0 Å². The number of amides is 1. The van der Waals surface area contributed by atoms with Gasteiger partial charge in [-0.05, 0) is 6.07 Å². The summed E-state index contributed by atoms with van der Waals surface area (Å²) in [5.74, 6) is -6.89. The zero-order chi connectivity index (χ0) is 31.6. The molecule has 11 N–H and O–H groups in total. The molecule has 2 fully saturated rings. The van der Waals surface area contributed by atoms with Crippen LogP contribution in [0.15, 0.2) is 17.1 Å². The molecule has 0 radical (unpaired) electrons. The zero-order valence-electron chi connectivity index (χ0n) is 23.4. The van der Waals surface area contributed by atoms with Crippen LogP contribution in [0, 0.1) is 0 Å². The topological polar surface area (TPSA) is 355 Å². The van der Waals surface area contributed by atoms with Crippen molar-refractivity contribution in [2.45, 2.75) is 67.2 Å². The van der Waals surface area contributed by atoms with E-state index in [0.29, 0.717) is 0 Å². The van der Waals surface area contributed by atoms with E-state index >= 15 is 0 Å². The SMILES string of the molecule is NCC(=O)N[C@@H]1C(O)CC(OP(=O)([O-])OC[C@H]2O[C@@H](n3ccc(N)nc3=O)[C@H](O)[C@H]2O)(C(=O)[O-])O[C@H]1C(O)[C@H](O)CO.[Na+].[Na+]. The Hall–Kier alpha value is -0.630. The van der Waals surface area contributed by atoms with E-state index < -0.39 is 112 Å². The number of nitrogens with two attached hydrogens (primary N) is 2. The minimum Gasteiger partial charge on any atom is -0.756 e. The minimum atomic E-state index is -5.83. The van der Waals surface area contributed by atoms with E-state index in [9.17, 15) is 59.6 Å². The fourth-order valence-corrected chi connectivity index (χ4v) is 5.25. The molecule has 1 aromatic heterocycles. The molecule has 2 aliphatic rings. The van der Waals surface area contributed by atoms with Gasteiger partial charge in [0.25, 0.3) is 7.82 Å². The molecule has 0 aromatic carbocycles. The number of hydrogen-bond donors (Lipinski definition) is 9. The first kappa shape index (κ1) is 41.4. The van der Waals surface area contributed by atoms with Gasteiger partial charge in [0.1, 0.15) is 48.4 Å². The number of anilines is 1. The maximum absolute atomic E-state index is 12.7. The van der Waals surface area contributed by atoms with Crippen molar-refractivity contribution in [2.75, 3.05) is 25.5 Å². The normalized spacial score (nSPS) is 32.8. The third kappa shape index (κ3) is 9.47. The first-order valence-corrected chi connectivity index (χ1v) is 13.6. The van der Waals surface area contributed by atoms with Gasteiger partial charge < -0.3 is 76.2 Å². The molecule has 21 nitrogen and oxygen atoms in total. The number of hydrogen-bond acceptors (Lipinski definition) is 19. The van der Waals surface area contributed by atoms with Gasteiger partial charge in [0.15, 0.2) is 6.23 Å². The number of nitrogen functional groups attached to an aromatic ring is 1. The van der Waals surface area contributed by atoms with Crippen LogP contribution in [-0.2, 0) is 32.7 Å². The monoisotopic (exact) mass is 673 g/mol. The number of rotatable bonds is 12. The van der Waals surface area contributed by atoms with E-state index in [-0.39, 0.29) is 64.9 Å². The summed E-state index contributed by atoms with van der Waals surface area (Å²) in [5, 5.41) is 74.8. The Morgan fingerprint density at radius 1 is 1.27 bits per heavy atom. The van der Waals surface area contributed by atoms with Crippen LogP contribution >= 0.6 is 7.82 Å². The summed E-state index contributed by atoms with van der Waals surface area (Å²) in [6.45, 7) is -2.84. The van der Waals surface area contributed by atoms with Gasteiger partial charge in [-0.3, -0.25) is 18.5 Å². The van der Waals surface area contributed by atoms with Gasteiger partial charge >= 0.3 is 64.8 Å². The van der Waals surface area contributed by atoms with Crippen molar-refractivity contribution in [3.8, 4) is 0 Å². The summed E-state index contributed by atoms with van der Waals surface area (Å²) in [5.41, 5.74) is 9.63. The van der Waals surface area contributed by atoms with Crippen molar-refractivity contribution >= 4 is 25.5 Å². The van der Waals surface area contributed by atoms with Gasteiger partial charge in [0, 0.05) is 12.6 Å². The smallest absolute Gasteiger partial charge is 0.756 e. The molecule has 4 unspecified atom stereocenters. The minimum absolute atomic E-state index is 0. The number of aliphatic hydroxyl groups is 6. The summed E-state index contributed by atoms with van der Waals surface area (Å²) in [7, 11) is -5.83. The molecule has 44 heavy (non-hydrogen) atoms. The van der Waals surface area contributed by atoms with Crippen molar-refractivity contribution in [2.24, 2.45) is 5.73 Å². The summed E-state index contributed by atoms with van der Waals surface area (Å²) in [4.78, 5) is 52.1. The second-order valence-electron chi connectivity index (χ2n) is 9.36. The molecular weight excluding hydrogens is 643 g/mol. The quantitative estimate of drug-likeness (QED) is 0.0734. The third-order valence-electron chi connectivity index (χ3n) is 6.43. The second-order valence-corrected chi connectivity index (χ2v) is 10.7. The second kappa shape index (κ2) is 17.0. The molecule has 0 bridgehead atoms. The molecule has 0 spiro atoms. The summed E-state index contributed by atoms with van der Waals surface area (Å²) in [6.07, 6.45) is -15.4. The molecule has 238 valence electrons. The van der Waals surface area contributed by atoms with Gasteiger partial charge in [0.2, 0.25) is 11.7 Å². The van der Waals surface area contributed by atoms with Crippen molar-refractivity contribution in [3.05, 3.63) is 22.7 Å². The Bertz CT molecular complexity index is 1250. The van der Waals surface area contributed by atoms with Crippen molar-refractivity contribution < 1.29 is 132 Å². The average Bonchev–Trinajstić information content (AvgIpc) is 3.20.